The number of nitrogens with zero attached hydrogens (tertiary/aromatic N) is 4. The van der Waals surface area contributed by atoms with Crippen molar-refractivity contribution in [1.29, 1.82) is 0 Å². The summed E-state index contributed by atoms with van der Waals surface area (Å²) < 4.78 is 0.966. The lowest BCUT2D eigenvalue weighted by molar-refractivity contribution is 0.754. The second-order valence-corrected chi connectivity index (χ2v) is 5.37. The molecule has 5 nitrogen and oxygen atoms in total. The van der Waals surface area contributed by atoms with Gasteiger partial charge in [0.05, 0.1) is 11.9 Å². The van der Waals surface area contributed by atoms with Crippen molar-refractivity contribution >= 4 is 33.4 Å². The smallest absolute Gasteiger partial charge is 0.249 e. The molecular formula is C14H18BrN5. The van der Waals surface area contributed by atoms with Crippen LogP contribution in [0.25, 0.3) is 0 Å². The Morgan fingerprint density at radius 1 is 1.30 bits per heavy atom. The largest absolute Gasteiger partial charge is 0.358 e. The lowest BCUT2D eigenvalue weighted by atomic mass is 10.3. The zero-order chi connectivity index (χ0) is 14.4. The first-order chi connectivity index (χ1) is 9.70. The van der Waals surface area contributed by atoms with Crippen molar-refractivity contribution in [3.8, 4) is 0 Å². The molecule has 6 heteroatoms. The maximum atomic E-state index is 4.48. The molecule has 0 aliphatic carbocycles. The number of halogens is 1. The van der Waals surface area contributed by atoms with Crippen LogP contribution in [0.15, 0.2) is 34.9 Å². The van der Waals surface area contributed by atoms with E-state index in [0.717, 1.165) is 35.4 Å². The number of anilines is 3. The van der Waals surface area contributed by atoms with Gasteiger partial charge in [-0.05, 0) is 34.5 Å². The highest BCUT2D eigenvalue weighted by molar-refractivity contribution is 9.10. The van der Waals surface area contributed by atoms with Crippen molar-refractivity contribution in [2.24, 2.45) is 0 Å². The summed E-state index contributed by atoms with van der Waals surface area (Å²) in [7, 11) is 2.02. The first-order valence-electron chi connectivity index (χ1n) is 6.63. The van der Waals surface area contributed by atoms with Gasteiger partial charge >= 0.3 is 0 Å². The van der Waals surface area contributed by atoms with Crippen LogP contribution in [0.1, 0.15) is 19.8 Å². The first-order valence-corrected chi connectivity index (χ1v) is 7.42. The third kappa shape index (κ3) is 3.90. The van der Waals surface area contributed by atoms with E-state index in [1.54, 1.807) is 6.20 Å². The summed E-state index contributed by atoms with van der Waals surface area (Å²) in [6.07, 6.45) is 3.97. The van der Waals surface area contributed by atoms with Gasteiger partial charge in [-0.25, -0.2) is 0 Å². The average molecular weight is 336 g/mol. The predicted molar refractivity (Wildman–Crippen MR) is 85.4 cm³/mol. The summed E-state index contributed by atoms with van der Waals surface area (Å²) in [6, 6.07) is 7.84. The van der Waals surface area contributed by atoms with Crippen molar-refractivity contribution in [1.82, 2.24) is 15.2 Å². The lowest BCUT2D eigenvalue weighted by Crippen LogP contribution is -2.20. The molecule has 0 saturated heterocycles. The van der Waals surface area contributed by atoms with Gasteiger partial charge in [0.1, 0.15) is 0 Å². The average Bonchev–Trinajstić information content (AvgIpc) is 2.47. The summed E-state index contributed by atoms with van der Waals surface area (Å²) in [5, 5.41) is 11.2. The lowest BCUT2D eigenvalue weighted by Gasteiger charge is -2.17. The second-order valence-electron chi connectivity index (χ2n) is 4.52. The number of hydrogen-bond acceptors (Lipinski definition) is 5. The van der Waals surface area contributed by atoms with E-state index in [1.807, 2.05) is 31.3 Å². The SMILES string of the molecule is CCCCN(C)c1cnnc(Nc2ccccc2Br)n1. The fourth-order valence-corrected chi connectivity index (χ4v) is 2.11. The highest BCUT2D eigenvalue weighted by Gasteiger charge is 2.06. The third-order valence-electron chi connectivity index (χ3n) is 2.90. The van der Waals surface area contributed by atoms with Crippen LogP contribution in [0.2, 0.25) is 0 Å². The molecule has 0 radical (unpaired) electrons. The number of aromatic nitrogens is 3. The molecule has 0 saturated carbocycles. The molecule has 1 heterocycles. The Kier molecular flexibility index (Phi) is 5.29. The normalized spacial score (nSPS) is 10.3. The summed E-state index contributed by atoms with van der Waals surface area (Å²) >= 11 is 3.49. The van der Waals surface area contributed by atoms with Crippen LogP contribution in [-0.4, -0.2) is 28.8 Å². The quantitative estimate of drug-likeness (QED) is 0.873. The molecule has 1 N–H and O–H groups in total. The molecule has 0 spiro atoms. The molecule has 0 aliphatic rings. The number of unbranched alkanes of at least 4 members (excludes halogenated alkanes) is 1. The minimum Gasteiger partial charge on any atom is -0.358 e. The summed E-state index contributed by atoms with van der Waals surface area (Å²) in [6.45, 7) is 3.13. The summed E-state index contributed by atoms with van der Waals surface area (Å²) in [5.41, 5.74) is 0.919. The first kappa shape index (κ1) is 14.7. The van der Waals surface area contributed by atoms with E-state index in [0.29, 0.717) is 5.95 Å². The Bertz CT molecular complexity index is 561. The topological polar surface area (TPSA) is 53.9 Å². The van der Waals surface area contributed by atoms with Gasteiger partial charge in [-0.3, -0.25) is 0 Å². The van der Waals surface area contributed by atoms with Gasteiger partial charge < -0.3 is 10.2 Å². The van der Waals surface area contributed by atoms with Crippen molar-refractivity contribution in [3.05, 3.63) is 34.9 Å². The predicted octanol–water partition coefficient (Wildman–Crippen LogP) is 3.61. The van der Waals surface area contributed by atoms with Gasteiger partial charge in [-0.2, -0.15) is 10.1 Å². The van der Waals surface area contributed by atoms with Gasteiger partial charge in [0, 0.05) is 18.1 Å². The number of para-hydroxylation sites is 1. The molecule has 2 rings (SSSR count). The summed E-state index contributed by atoms with van der Waals surface area (Å²) in [5.74, 6) is 1.32. The van der Waals surface area contributed by atoms with E-state index in [9.17, 15) is 0 Å². The monoisotopic (exact) mass is 335 g/mol. The Balaban J connectivity index is 2.12. The molecule has 1 aromatic carbocycles. The highest BCUT2D eigenvalue weighted by Crippen LogP contribution is 2.24. The van der Waals surface area contributed by atoms with Crippen LogP contribution in [0.3, 0.4) is 0 Å². The molecule has 106 valence electrons. The Morgan fingerprint density at radius 2 is 2.10 bits per heavy atom. The fourth-order valence-electron chi connectivity index (χ4n) is 1.72. The maximum absolute atomic E-state index is 4.48. The molecule has 1 aromatic heterocycles. The minimum absolute atomic E-state index is 0.498. The molecule has 2 aromatic rings. The van der Waals surface area contributed by atoms with Crippen molar-refractivity contribution in [3.63, 3.8) is 0 Å². The highest BCUT2D eigenvalue weighted by atomic mass is 79.9. The van der Waals surface area contributed by atoms with Gasteiger partial charge in [-0.1, -0.05) is 25.5 Å². The van der Waals surface area contributed by atoms with Crippen LogP contribution in [0, 0.1) is 0 Å². The third-order valence-corrected chi connectivity index (χ3v) is 3.60. The molecule has 0 fully saturated rings. The van der Waals surface area contributed by atoms with Crippen molar-refractivity contribution < 1.29 is 0 Å². The standard InChI is InChI=1S/C14H18BrN5/c1-3-4-9-20(2)13-10-16-19-14(18-13)17-12-8-6-5-7-11(12)15/h5-8,10H,3-4,9H2,1-2H3,(H,17,18,19). The molecule has 0 amide bonds. The molecule has 0 aliphatic heterocycles. The van der Waals surface area contributed by atoms with E-state index in [-0.39, 0.29) is 0 Å². The number of hydrogen-bond donors (Lipinski definition) is 1. The zero-order valence-electron chi connectivity index (χ0n) is 11.7. The van der Waals surface area contributed by atoms with Crippen molar-refractivity contribution in [2.75, 3.05) is 23.8 Å². The van der Waals surface area contributed by atoms with E-state index >= 15 is 0 Å². The van der Waals surface area contributed by atoms with Crippen LogP contribution in [0.5, 0.6) is 0 Å². The molecule has 0 bridgehead atoms. The second kappa shape index (κ2) is 7.19. The maximum Gasteiger partial charge on any atom is 0.249 e. The molecular weight excluding hydrogens is 318 g/mol. The fraction of sp³-hybridized carbons (Fsp3) is 0.357. The van der Waals surface area contributed by atoms with Gasteiger partial charge in [-0.15, -0.1) is 5.10 Å². The Labute approximate surface area is 127 Å². The van der Waals surface area contributed by atoms with Crippen LogP contribution in [-0.2, 0) is 0 Å². The Morgan fingerprint density at radius 3 is 2.85 bits per heavy atom. The van der Waals surface area contributed by atoms with Crippen LogP contribution >= 0.6 is 15.9 Å². The molecule has 0 unspecified atom stereocenters. The zero-order valence-corrected chi connectivity index (χ0v) is 13.3. The van der Waals surface area contributed by atoms with E-state index in [2.05, 4.69) is 48.3 Å². The van der Waals surface area contributed by atoms with Gasteiger partial charge in [0.25, 0.3) is 0 Å². The van der Waals surface area contributed by atoms with Crippen LogP contribution < -0.4 is 10.2 Å². The van der Waals surface area contributed by atoms with E-state index in [4.69, 9.17) is 0 Å². The van der Waals surface area contributed by atoms with E-state index in [1.165, 1.54) is 0 Å². The molecule has 0 atom stereocenters. The van der Waals surface area contributed by atoms with Crippen LogP contribution in [0.4, 0.5) is 17.5 Å². The number of benzene rings is 1. The Hall–Kier alpha value is -1.69. The van der Waals surface area contributed by atoms with Gasteiger partial charge in [0.15, 0.2) is 5.82 Å². The van der Waals surface area contributed by atoms with Gasteiger partial charge in [0.2, 0.25) is 5.95 Å². The van der Waals surface area contributed by atoms with E-state index < -0.39 is 0 Å². The van der Waals surface area contributed by atoms with Crippen molar-refractivity contribution in [2.45, 2.75) is 19.8 Å². The number of rotatable bonds is 6. The summed E-state index contributed by atoms with van der Waals surface area (Å²) in [4.78, 5) is 6.57. The minimum atomic E-state index is 0.498. The molecule has 20 heavy (non-hydrogen) atoms. The number of nitrogens with one attached hydrogen (secondary N) is 1.